The number of halogens is 1. The number of hydrogen-bond acceptors (Lipinski definition) is 5. The maximum atomic E-state index is 14.0. The monoisotopic (exact) mass is 293 g/mol. The summed E-state index contributed by atoms with van der Waals surface area (Å²) in [7, 11) is 1.27. The predicted molar refractivity (Wildman–Crippen MR) is 72.0 cm³/mol. The summed E-state index contributed by atoms with van der Waals surface area (Å²) in [5, 5.41) is 0. The first-order chi connectivity index (χ1) is 10.1. The number of pyridine rings is 1. The number of carbonyl (C=O) groups is 1. The summed E-state index contributed by atoms with van der Waals surface area (Å²) in [4.78, 5) is 15.6. The van der Waals surface area contributed by atoms with Crippen molar-refractivity contribution in [3.05, 3.63) is 35.4 Å². The van der Waals surface area contributed by atoms with Gasteiger partial charge >= 0.3 is 5.97 Å². The van der Waals surface area contributed by atoms with Crippen LogP contribution in [0.4, 0.5) is 4.39 Å². The molecular formula is C15H16FNO4. The largest absolute Gasteiger partial charge is 0.464 e. The van der Waals surface area contributed by atoms with Gasteiger partial charge in [-0.1, -0.05) is 6.08 Å². The van der Waals surface area contributed by atoms with E-state index in [2.05, 4.69) is 9.72 Å². The number of nitrogens with zero attached hydrogens (tertiary/aromatic N) is 1. The number of rotatable bonds is 2. The molecule has 1 saturated heterocycles. The van der Waals surface area contributed by atoms with Gasteiger partial charge in [0.15, 0.2) is 5.79 Å². The lowest BCUT2D eigenvalue weighted by Gasteiger charge is -2.30. The summed E-state index contributed by atoms with van der Waals surface area (Å²) in [5.41, 5.74) is 1.07. The Labute approximate surface area is 121 Å². The minimum atomic E-state index is -0.577. The lowest BCUT2D eigenvalue weighted by atomic mass is 9.91. The van der Waals surface area contributed by atoms with Gasteiger partial charge in [0.1, 0.15) is 17.2 Å². The molecule has 0 amide bonds. The van der Waals surface area contributed by atoms with Crippen LogP contribution in [0.5, 0.6) is 0 Å². The Morgan fingerprint density at radius 2 is 2.14 bits per heavy atom. The van der Waals surface area contributed by atoms with E-state index in [-0.39, 0.29) is 11.4 Å². The zero-order valence-corrected chi connectivity index (χ0v) is 11.7. The molecule has 1 fully saturated rings. The number of carbonyl (C=O) groups excluding carboxylic acids is 1. The van der Waals surface area contributed by atoms with E-state index in [1.165, 1.54) is 19.2 Å². The van der Waals surface area contributed by atoms with Crippen LogP contribution in [-0.2, 0) is 14.2 Å². The number of esters is 1. The fourth-order valence-corrected chi connectivity index (χ4v) is 2.67. The van der Waals surface area contributed by atoms with Crippen molar-refractivity contribution < 1.29 is 23.4 Å². The Hall–Kier alpha value is -1.79. The van der Waals surface area contributed by atoms with Crippen molar-refractivity contribution >= 4 is 11.5 Å². The van der Waals surface area contributed by atoms with E-state index >= 15 is 0 Å². The second-order valence-electron chi connectivity index (χ2n) is 5.06. The molecule has 0 unspecified atom stereocenters. The van der Waals surface area contributed by atoms with Crippen LogP contribution < -0.4 is 0 Å². The highest BCUT2D eigenvalue weighted by Crippen LogP contribution is 2.38. The molecule has 1 aliphatic carbocycles. The molecule has 5 nitrogen and oxygen atoms in total. The molecule has 0 radical (unpaired) electrons. The molecule has 1 spiro atoms. The molecule has 1 aliphatic heterocycles. The van der Waals surface area contributed by atoms with E-state index in [0.717, 1.165) is 5.57 Å². The maximum absolute atomic E-state index is 14.0. The van der Waals surface area contributed by atoms with Gasteiger partial charge in [-0.3, -0.25) is 0 Å². The molecule has 1 aromatic rings. The Bertz CT molecular complexity index is 593. The molecule has 0 saturated carbocycles. The summed E-state index contributed by atoms with van der Waals surface area (Å²) < 4.78 is 29.8. The Kier molecular flexibility index (Phi) is 3.73. The SMILES string of the molecule is COC(=O)c1ccc(F)c(C2=CCC3(CC2)OCCO3)n1. The number of allylic oxidation sites excluding steroid dienone is 1. The highest BCUT2D eigenvalue weighted by Gasteiger charge is 2.38. The molecular weight excluding hydrogens is 277 g/mol. The molecule has 0 N–H and O–H groups in total. The lowest BCUT2D eigenvalue weighted by Crippen LogP contribution is -2.31. The van der Waals surface area contributed by atoms with Crippen molar-refractivity contribution in [3.8, 4) is 0 Å². The second kappa shape index (κ2) is 5.54. The predicted octanol–water partition coefficient (Wildman–Crippen LogP) is 2.32. The van der Waals surface area contributed by atoms with Crippen LogP contribution in [0.15, 0.2) is 18.2 Å². The molecule has 0 bridgehead atoms. The molecule has 2 aliphatic rings. The van der Waals surface area contributed by atoms with E-state index < -0.39 is 17.6 Å². The maximum Gasteiger partial charge on any atom is 0.356 e. The van der Waals surface area contributed by atoms with Crippen LogP contribution in [-0.4, -0.2) is 37.1 Å². The van der Waals surface area contributed by atoms with Gasteiger partial charge in [0.25, 0.3) is 0 Å². The third-order valence-corrected chi connectivity index (χ3v) is 3.79. The Morgan fingerprint density at radius 1 is 1.38 bits per heavy atom. The third kappa shape index (κ3) is 2.69. The van der Waals surface area contributed by atoms with Gasteiger partial charge in [0.05, 0.1) is 20.3 Å². The molecule has 6 heteroatoms. The molecule has 1 aromatic heterocycles. The van der Waals surface area contributed by atoms with Crippen LogP contribution in [0, 0.1) is 5.82 Å². The van der Waals surface area contributed by atoms with Crippen LogP contribution >= 0.6 is 0 Å². The highest BCUT2D eigenvalue weighted by atomic mass is 19.1. The van der Waals surface area contributed by atoms with Gasteiger partial charge in [0.2, 0.25) is 0 Å². The van der Waals surface area contributed by atoms with Gasteiger partial charge in [0, 0.05) is 12.8 Å². The van der Waals surface area contributed by atoms with Crippen LogP contribution in [0.1, 0.15) is 35.4 Å². The van der Waals surface area contributed by atoms with Gasteiger partial charge < -0.3 is 14.2 Å². The number of aromatic nitrogens is 1. The van der Waals surface area contributed by atoms with Crippen LogP contribution in [0.2, 0.25) is 0 Å². The summed E-state index contributed by atoms with van der Waals surface area (Å²) in [6.07, 6.45) is 3.68. The number of ether oxygens (including phenoxy) is 3. The van der Waals surface area contributed by atoms with Crippen molar-refractivity contribution in [1.29, 1.82) is 0 Å². The zero-order valence-electron chi connectivity index (χ0n) is 11.7. The van der Waals surface area contributed by atoms with Gasteiger partial charge in [-0.2, -0.15) is 0 Å². The van der Waals surface area contributed by atoms with E-state index in [4.69, 9.17) is 9.47 Å². The topological polar surface area (TPSA) is 57.7 Å². The van der Waals surface area contributed by atoms with Crippen LogP contribution in [0.25, 0.3) is 5.57 Å². The second-order valence-corrected chi connectivity index (χ2v) is 5.06. The first-order valence-corrected chi connectivity index (χ1v) is 6.86. The Balaban J connectivity index is 1.87. The van der Waals surface area contributed by atoms with Crippen molar-refractivity contribution in [2.24, 2.45) is 0 Å². The smallest absolute Gasteiger partial charge is 0.356 e. The van der Waals surface area contributed by atoms with Crippen molar-refractivity contribution in [2.45, 2.75) is 25.0 Å². The summed E-state index contributed by atoms with van der Waals surface area (Å²) in [6.45, 7) is 1.18. The minimum absolute atomic E-state index is 0.100. The lowest BCUT2D eigenvalue weighted by molar-refractivity contribution is -0.159. The summed E-state index contributed by atoms with van der Waals surface area (Å²) in [5.74, 6) is -1.58. The molecule has 112 valence electrons. The molecule has 21 heavy (non-hydrogen) atoms. The van der Waals surface area contributed by atoms with E-state index in [0.29, 0.717) is 32.5 Å². The van der Waals surface area contributed by atoms with E-state index in [1.807, 2.05) is 6.08 Å². The first-order valence-electron chi connectivity index (χ1n) is 6.86. The molecule has 3 rings (SSSR count). The molecule has 0 aromatic carbocycles. The van der Waals surface area contributed by atoms with Crippen LogP contribution in [0.3, 0.4) is 0 Å². The van der Waals surface area contributed by atoms with Crippen molar-refractivity contribution in [1.82, 2.24) is 4.98 Å². The minimum Gasteiger partial charge on any atom is -0.464 e. The fraction of sp³-hybridized carbons (Fsp3) is 0.467. The highest BCUT2D eigenvalue weighted by molar-refractivity contribution is 5.87. The third-order valence-electron chi connectivity index (χ3n) is 3.79. The summed E-state index contributed by atoms with van der Waals surface area (Å²) in [6, 6.07) is 2.56. The Morgan fingerprint density at radius 3 is 2.76 bits per heavy atom. The number of methoxy groups -OCH3 is 1. The fourth-order valence-electron chi connectivity index (χ4n) is 2.67. The van der Waals surface area contributed by atoms with Gasteiger partial charge in [-0.25, -0.2) is 14.2 Å². The molecule has 2 heterocycles. The van der Waals surface area contributed by atoms with Gasteiger partial charge in [-0.15, -0.1) is 0 Å². The first kappa shape index (κ1) is 14.2. The summed E-state index contributed by atoms with van der Waals surface area (Å²) >= 11 is 0. The quantitative estimate of drug-likeness (QED) is 0.783. The van der Waals surface area contributed by atoms with Crippen molar-refractivity contribution in [2.75, 3.05) is 20.3 Å². The average Bonchev–Trinajstić information content (AvgIpc) is 2.96. The number of hydrogen-bond donors (Lipinski definition) is 0. The molecule has 0 atom stereocenters. The van der Waals surface area contributed by atoms with Gasteiger partial charge in [-0.05, 0) is 24.1 Å². The average molecular weight is 293 g/mol. The standard InChI is InChI=1S/C15H16FNO4/c1-19-14(18)12-3-2-11(16)13(17-12)10-4-6-15(7-5-10)20-8-9-21-15/h2-4H,5-9H2,1H3. The normalized spacial score (nSPS) is 20.4. The van der Waals surface area contributed by atoms with E-state index in [1.54, 1.807) is 0 Å². The van der Waals surface area contributed by atoms with Crippen molar-refractivity contribution in [3.63, 3.8) is 0 Å². The zero-order chi connectivity index (χ0) is 14.9. The van der Waals surface area contributed by atoms with E-state index in [9.17, 15) is 9.18 Å².